The number of nitrogens with one attached hydrogen (secondary N) is 1. The molecule has 116 valence electrons. The summed E-state index contributed by atoms with van der Waals surface area (Å²) in [6, 6.07) is 8.57. The van der Waals surface area contributed by atoms with Gasteiger partial charge < -0.3 is 11.1 Å². The van der Waals surface area contributed by atoms with E-state index in [1.165, 1.54) is 11.1 Å². The van der Waals surface area contributed by atoms with Crippen molar-refractivity contribution in [1.82, 2.24) is 5.32 Å². The fraction of sp³-hybridized carbons (Fsp3) is 0.611. The minimum absolute atomic E-state index is 0.0804. The first-order valence-electron chi connectivity index (χ1n) is 8.10. The molecule has 1 aliphatic carbocycles. The lowest BCUT2D eigenvalue weighted by atomic mass is 9.84. The number of aryl methyl sites for hydroxylation is 1. The number of carbonyl (C=O) groups is 1. The highest BCUT2D eigenvalue weighted by Crippen LogP contribution is 2.28. The highest BCUT2D eigenvalue weighted by molar-refractivity contribution is 5.79. The van der Waals surface area contributed by atoms with Crippen molar-refractivity contribution >= 4 is 5.91 Å². The lowest BCUT2D eigenvalue weighted by Gasteiger charge is -2.30. The fourth-order valence-electron chi connectivity index (χ4n) is 3.28. The van der Waals surface area contributed by atoms with Gasteiger partial charge in [0.25, 0.3) is 0 Å². The minimum atomic E-state index is 0.0804. The topological polar surface area (TPSA) is 55.1 Å². The van der Waals surface area contributed by atoms with E-state index in [0.717, 1.165) is 25.7 Å². The van der Waals surface area contributed by atoms with Crippen LogP contribution in [0.3, 0.4) is 0 Å². The van der Waals surface area contributed by atoms with E-state index in [1.54, 1.807) is 0 Å². The Morgan fingerprint density at radius 3 is 2.62 bits per heavy atom. The van der Waals surface area contributed by atoms with Crippen molar-refractivity contribution in [3.05, 3.63) is 35.4 Å². The van der Waals surface area contributed by atoms with Crippen LogP contribution in [0.15, 0.2) is 24.3 Å². The zero-order valence-electron chi connectivity index (χ0n) is 13.4. The van der Waals surface area contributed by atoms with Crippen molar-refractivity contribution in [3.63, 3.8) is 0 Å². The van der Waals surface area contributed by atoms with Gasteiger partial charge in [-0.05, 0) is 43.2 Å². The molecule has 1 aliphatic rings. The molecule has 3 heteroatoms. The Kier molecular flexibility index (Phi) is 5.40. The molecule has 21 heavy (non-hydrogen) atoms. The molecule has 0 spiro atoms. The number of hydrogen-bond donors (Lipinski definition) is 2. The van der Waals surface area contributed by atoms with Crippen LogP contribution in [0.5, 0.6) is 0 Å². The third-order valence-corrected chi connectivity index (χ3v) is 4.57. The maximum atomic E-state index is 12.6. The van der Waals surface area contributed by atoms with Gasteiger partial charge in [0, 0.05) is 12.0 Å². The maximum Gasteiger partial charge on any atom is 0.223 e. The smallest absolute Gasteiger partial charge is 0.223 e. The third kappa shape index (κ3) is 4.07. The van der Waals surface area contributed by atoms with E-state index in [-0.39, 0.29) is 23.9 Å². The highest BCUT2D eigenvalue weighted by atomic mass is 16.1. The van der Waals surface area contributed by atoms with Crippen molar-refractivity contribution in [2.75, 3.05) is 0 Å². The summed E-state index contributed by atoms with van der Waals surface area (Å²) in [6.45, 7) is 6.42. The summed E-state index contributed by atoms with van der Waals surface area (Å²) in [6.07, 6.45) is 3.91. The second-order valence-corrected chi connectivity index (χ2v) is 6.71. The Morgan fingerprint density at radius 1 is 1.29 bits per heavy atom. The second kappa shape index (κ2) is 7.08. The summed E-state index contributed by atoms with van der Waals surface area (Å²) >= 11 is 0. The number of amides is 1. The summed E-state index contributed by atoms with van der Waals surface area (Å²) in [5, 5.41) is 3.27. The Hall–Kier alpha value is -1.35. The van der Waals surface area contributed by atoms with Gasteiger partial charge in [-0.15, -0.1) is 0 Å². The predicted molar refractivity (Wildman–Crippen MR) is 86.8 cm³/mol. The van der Waals surface area contributed by atoms with E-state index in [2.05, 4.69) is 38.2 Å². The minimum Gasteiger partial charge on any atom is -0.349 e. The molecule has 1 fully saturated rings. The van der Waals surface area contributed by atoms with Gasteiger partial charge >= 0.3 is 0 Å². The molecule has 0 heterocycles. The van der Waals surface area contributed by atoms with Crippen molar-refractivity contribution in [3.8, 4) is 0 Å². The molecule has 1 saturated carbocycles. The molecule has 3 nitrogen and oxygen atoms in total. The lowest BCUT2D eigenvalue weighted by molar-refractivity contribution is -0.127. The number of hydrogen-bond acceptors (Lipinski definition) is 2. The monoisotopic (exact) mass is 288 g/mol. The normalized spacial score (nSPS) is 23.9. The number of rotatable bonds is 4. The van der Waals surface area contributed by atoms with Crippen LogP contribution in [0.1, 0.15) is 56.7 Å². The lowest BCUT2D eigenvalue weighted by Crippen LogP contribution is -2.40. The van der Waals surface area contributed by atoms with Gasteiger partial charge in [0.15, 0.2) is 0 Å². The molecule has 3 unspecified atom stereocenters. The largest absolute Gasteiger partial charge is 0.349 e. The van der Waals surface area contributed by atoms with Crippen molar-refractivity contribution < 1.29 is 4.79 Å². The molecule has 0 aliphatic heterocycles. The first-order chi connectivity index (χ1) is 9.99. The van der Waals surface area contributed by atoms with Gasteiger partial charge in [0.1, 0.15) is 0 Å². The van der Waals surface area contributed by atoms with Gasteiger partial charge in [0.05, 0.1) is 6.04 Å². The second-order valence-electron chi connectivity index (χ2n) is 6.71. The maximum absolute atomic E-state index is 12.6. The van der Waals surface area contributed by atoms with Crippen LogP contribution < -0.4 is 11.1 Å². The first kappa shape index (κ1) is 16.0. The van der Waals surface area contributed by atoms with Crippen LogP contribution in [-0.2, 0) is 4.79 Å². The molecular formula is C18H28N2O. The fourth-order valence-corrected chi connectivity index (χ4v) is 3.28. The zero-order valence-corrected chi connectivity index (χ0v) is 13.4. The molecule has 0 radical (unpaired) electrons. The van der Waals surface area contributed by atoms with Crippen molar-refractivity contribution in [2.45, 2.75) is 58.5 Å². The van der Waals surface area contributed by atoms with E-state index >= 15 is 0 Å². The molecule has 0 bridgehead atoms. The van der Waals surface area contributed by atoms with Gasteiger partial charge in [-0.3, -0.25) is 4.79 Å². The van der Waals surface area contributed by atoms with Crippen LogP contribution in [0.4, 0.5) is 0 Å². The van der Waals surface area contributed by atoms with E-state index in [4.69, 9.17) is 5.73 Å². The van der Waals surface area contributed by atoms with E-state index in [1.807, 2.05) is 12.1 Å². The average Bonchev–Trinajstić information content (AvgIpc) is 2.45. The Balaban J connectivity index is 2.10. The Labute approximate surface area is 128 Å². The average molecular weight is 288 g/mol. The molecular weight excluding hydrogens is 260 g/mol. The summed E-state index contributed by atoms with van der Waals surface area (Å²) in [4.78, 5) is 12.6. The van der Waals surface area contributed by atoms with Gasteiger partial charge in [-0.1, -0.05) is 44.5 Å². The predicted octanol–water partition coefficient (Wildman–Crippen LogP) is 3.33. The molecule has 2 rings (SSSR count). The molecule has 0 saturated heterocycles. The van der Waals surface area contributed by atoms with Crippen molar-refractivity contribution in [1.29, 1.82) is 0 Å². The van der Waals surface area contributed by atoms with Gasteiger partial charge in [0.2, 0.25) is 5.91 Å². The molecule has 1 aromatic rings. The Morgan fingerprint density at radius 2 is 2.00 bits per heavy atom. The molecule has 1 amide bonds. The standard InChI is InChI=1S/C18H28N2O/c1-12(2)17(16-10-5-4-7-13(16)3)20-18(21)14-8-6-9-15(19)11-14/h4-5,7,10,12,14-15,17H,6,8-9,11,19H2,1-3H3,(H,20,21). The molecule has 0 aromatic heterocycles. The quantitative estimate of drug-likeness (QED) is 0.893. The molecule has 3 N–H and O–H groups in total. The van der Waals surface area contributed by atoms with Gasteiger partial charge in [-0.2, -0.15) is 0 Å². The van der Waals surface area contributed by atoms with E-state index in [0.29, 0.717) is 5.92 Å². The Bertz CT molecular complexity index is 484. The van der Waals surface area contributed by atoms with Crippen LogP contribution >= 0.6 is 0 Å². The zero-order chi connectivity index (χ0) is 15.4. The van der Waals surface area contributed by atoms with Crippen molar-refractivity contribution in [2.24, 2.45) is 17.6 Å². The SMILES string of the molecule is Cc1ccccc1C(NC(=O)C1CCCC(N)C1)C(C)C. The van der Waals surface area contributed by atoms with Crippen LogP contribution in [0.25, 0.3) is 0 Å². The third-order valence-electron chi connectivity index (χ3n) is 4.57. The number of nitrogens with two attached hydrogens (primary N) is 1. The van der Waals surface area contributed by atoms with Gasteiger partial charge in [-0.25, -0.2) is 0 Å². The number of benzene rings is 1. The summed E-state index contributed by atoms with van der Waals surface area (Å²) in [5.41, 5.74) is 8.47. The summed E-state index contributed by atoms with van der Waals surface area (Å²) < 4.78 is 0. The summed E-state index contributed by atoms with van der Waals surface area (Å²) in [5.74, 6) is 0.624. The van der Waals surface area contributed by atoms with Crippen LogP contribution in [0.2, 0.25) is 0 Å². The summed E-state index contributed by atoms with van der Waals surface area (Å²) in [7, 11) is 0. The molecule has 1 aromatic carbocycles. The molecule has 3 atom stereocenters. The van der Waals surface area contributed by atoms with E-state index in [9.17, 15) is 4.79 Å². The van der Waals surface area contributed by atoms with Crippen LogP contribution in [0, 0.1) is 18.8 Å². The van der Waals surface area contributed by atoms with E-state index < -0.39 is 0 Å². The van der Waals surface area contributed by atoms with Crippen LogP contribution in [-0.4, -0.2) is 11.9 Å². The first-order valence-corrected chi connectivity index (χ1v) is 8.10. The number of carbonyl (C=O) groups excluding carboxylic acids is 1. The highest BCUT2D eigenvalue weighted by Gasteiger charge is 2.28.